The minimum Gasteiger partial charge on any atom is -0.394 e. The third-order valence-electron chi connectivity index (χ3n) is 2.87. The van der Waals surface area contributed by atoms with Gasteiger partial charge in [0, 0.05) is 0 Å². The van der Waals surface area contributed by atoms with Gasteiger partial charge in [0.2, 0.25) is 0 Å². The summed E-state index contributed by atoms with van der Waals surface area (Å²) in [4.78, 5) is 21.6. The van der Waals surface area contributed by atoms with Crippen LogP contribution in [0, 0.1) is 0 Å². The van der Waals surface area contributed by atoms with E-state index in [-0.39, 0.29) is 25.4 Å². The Morgan fingerprint density at radius 3 is 1.30 bits per heavy atom. The van der Waals surface area contributed by atoms with E-state index < -0.39 is 7.82 Å². The van der Waals surface area contributed by atoms with Crippen molar-refractivity contribution in [3.8, 4) is 0 Å². The normalized spacial score (nSPS) is 13.1. The van der Waals surface area contributed by atoms with E-state index in [2.05, 4.69) is 13.8 Å². The monoisotopic (exact) mass is 422 g/mol. The lowest BCUT2D eigenvalue weighted by molar-refractivity contribution is 0.0171. The summed E-state index contributed by atoms with van der Waals surface area (Å²) in [5.41, 5.74) is 0. The molecule has 0 bridgehead atoms. The molecule has 0 aliphatic rings. The Morgan fingerprint density at radius 1 is 0.778 bits per heavy atom. The largest absolute Gasteiger partial charge is 0.466 e. The molecule has 0 amide bonds. The molecule has 168 valence electrons. The van der Waals surface area contributed by atoms with E-state index in [9.17, 15) is 10.2 Å². The van der Waals surface area contributed by atoms with Gasteiger partial charge in [-0.3, -0.25) is 0 Å². The first-order chi connectivity index (χ1) is 12.6. The minimum atomic E-state index is -4.64. The fourth-order valence-corrected chi connectivity index (χ4v) is 1.61. The van der Waals surface area contributed by atoms with Crippen LogP contribution in [0.25, 0.3) is 0 Å². The van der Waals surface area contributed by atoms with Crippen molar-refractivity contribution in [3.63, 3.8) is 0 Å². The van der Waals surface area contributed by atoms with Crippen LogP contribution < -0.4 is 0 Å². The van der Waals surface area contributed by atoms with Gasteiger partial charge in [0.15, 0.2) is 0 Å². The zero-order chi connectivity index (χ0) is 21.6. The average Bonchev–Trinajstić information content (AvgIpc) is 2.58. The molecular formula is C16H39O10P. The maximum Gasteiger partial charge on any atom is 0.466 e. The summed E-state index contributed by atoms with van der Waals surface area (Å²) in [6.07, 6.45) is 5.12. The van der Waals surface area contributed by atoms with E-state index in [1.807, 2.05) is 0 Å². The molecule has 11 heteroatoms. The molecule has 0 aromatic rings. The SMILES string of the molecule is CCCCC(O)COCCO.CCCCC(O)COCCO.O=P(O)(O)O. The van der Waals surface area contributed by atoms with E-state index in [1.165, 1.54) is 0 Å². The summed E-state index contributed by atoms with van der Waals surface area (Å²) in [5.74, 6) is 0. The lowest BCUT2D eigenvalue weighted by atomic mass is 10.2. The van der Waals surface area contributed by atoms with Crippen molar-refractivity contribution >= 4 is 7.82 Å². The van der Waals surface area contributed by atoms with Crippen LogP contribution >= 0.6 is 7.82 Å². The van der Waals surface area contributed by atoms with Crippen molar-refractivity contribution in [2.45, 2.75) is 64.6 Å². The van der Waals surface area contributed by atoms with Gasteiger partial charge in [-0.05, 0) is 12.8 Å². The number of hydrogen-bond donors (Lipinski definition) is 7. The molecule has 0 aliphatic heterocycles. The van der Waals surface area contributed by atoms with E-state index >= 15 is 0 Å². The van der Waals surface area contributed by atoms with Crippen molar-refractivity contribution < 1.29 is 49.1 Å². The Kier molecular flexibility index (Phi) is 27.9. The van der Waals surface area contributed by atoms with E-state index in [0.29, 0.717) is 26.4 Å². The topological polar surface area (TPSA) is 177 Å². The highest BCUT2D eigenvalue weighted by Gasteiger charge is 2.02. The standard InChI is InChI=1S/2C8H18O3.H3O4P/c2*1-2-3-4-8(10)7-11-6-5-9;1-5(2,3)4/h2*8-10H,2-7H2,1H3;(H3,1,2,3,4). The molecule has 0 saturated heterocycles. The van der Waals surface area contributed by atoms with Crippen LogP contribution in [0.1, 0.15) is 52.4 Å². The molecule has 0 aliphatic carbocycles. The summed E-state index contributed by atoms with van der Waals surface area (Å²) in [6, 6.07) is 0. The van der Waals surface area contributed by atoms with Gasteiger partial charge >= 0.3 is 7.82 Å². The number of aliphatic hydroxyl groups excluding tert-OH is 4. The van der Waals surface area contributed by atoms with Crippen LogP contribution in [0.2, 0.25) is 0 Å². The second kappa shape index (κ2) is 23.9. The van der Waals surface area contributed by atoms with Gasteiger partial charge in [-0.25, -0.2) is 4.57 Å². The second-order valence-electron chi connectivity index (χ2n) is 5.70. The lowest BCUT2D eigenvalue weighted by Gasteiger charge is -2.09. The van der Waals surface area contributed by atoms with Gasteiger partial charge in [-0.2, -0.15) is 0 Å². The molecule has 0 saturated carbocycles. The summed E-state index contributed by atoms with van der Waals surface area (Å²) in [7, 11) is -4.64. The second-order valence-corrected chi connectivity index (χ2v) is 6.73. The molecule has 0 rings (SSSR count). The highest BCUT2D eigenvalue weighted by molar-refractivity contribution is 7.45. The Balaban J connectivity index is -0.000000344. The molecule has 2 unspecified atom stereocenters. The third kappa shape index (κ3) is 46.2. The van der Waals surface area contributed by atoms with Crippen molar-refractivity contribution in [1.29, 1.82) is 0 Å². The van der Waals surface area contributed by atoms with Crippen molar-refractivity contribution in [2.75, 3.05) is 39.6 Å². The first-order valence-electron chi connectivity index (χ1n) is 9.13. The van der Waals surface area contributed by atoms with E-state index in [1.54, 1.807) is 0 Å². The molecule has 0 aromatic heterocycles. The number of aliphatic hydroxyl groups is 4. The summed E-state index contributed by atoms with van der Waals surface area (Å²) < 4.78 is 18.8. The first kappa shape index (κ1) is 31.6. The van der Waals surface area contributed by atoms with Gasteiger partial charge in [0.25, 0.3) is 0 Å². The van der Waals surface area contributed by atoms with Crippen LogP contribution in [0.15, 0.2) is 0 Å². The number of phosphoric acid groups is 1. The molecule has 0 spiro atoms. The molecule has 7 N–H and O–H groups in total. The van der Waals surface area contributed by atoms with Crippen LogP contribution in [-0.4, -0.2) is 87.0 Å². The average molecular weight is 422 g/mol. The fourth-order valence-electron chi connectivity index (χ4n) is 1.61. The number of unbranched alkanes of at least 4 members (excludes halogenated alkanes) is 2. The minimum absolute atomic E-state index is 0.0283. The van der Waals surface area contributed by atoms with Crippen LogP contribution in [0.4, 0.5) is 0 Å². The lowest BCUT2D eigenvalue weighted by Crippen LogP contribution is -2.16. The van der Waals surface area contributed by atoms with Gasteiger partial charge in [-0.1, -0.05) is 39.5 Å². The van der Waals surface area contributed by atoms with Crippen molar-refractivity contribution in [1.82, 2.24) is 0 Å². The predicted molar refractivity (Wildman–Crippen MR) is 101 cm³/mol. The highest BCUT2D eigenvalue weighted by Crippen LogP contribution is 2.25. The molecule has 0 fully saturated rings. The molecule has 0 heterocycles. The van der Waals surface area contributed by atoms with Gasteiger partial charge < -0.3 is 44.6 Å². The molecule has 10 nitrogen and oxygen atoms in total. The number of rotatable bonds is 14. The molecular weight excluding hydrogens is 383 g/mol. The Bertz CT molecular complexity index is 285. The van der Waals surface area contributed by atoms with Crippen molar-refractivity contribution in [2.24, 2.45) is 0 Å². The maximum atomic E-state index is 9.20. The zero-order valence-electron chi connectivity index (χ0n) is 16.4. The van der Waals surface area contributed by atoms with Crippen LogP contribution in [-0.2, 0) is 14.0 Å². The van der Waals surface area contributed by atoms with Gasteiger partial charge in [0.05, 0.1) is 51.8 Å². The first-order valence-corrected chi connectivity index (χ1v) is 10.7. The quantitative estimate of drug-likeness (QED) is 0.151. The van der Waals surface area contributed by atoms with Crippen LogP contribution in [0.5, 0.6) is 0 Å². The summed E-state index contributed by atoms with van der Waals surface area (Å²) in [5, 5.41) is 35.1. The summed E-state index contributed by atoms with van der Waals surface area (Å²) >= 11 is 0. The highest BCUT2D eigenvalue weighted by atomic mass is 31.2. The van der Waals surface area contributed by atoms with E-state index in [0.717, 1.165) is 38.5 Å². The Morgan fingerprint density at radius 2 is 1.07 bits per heavy atom. The molecule has 2 atom stereocenters. The summed E-state index contributed by atoms with van der Waals surface area (Å²) in [6.45, 7) is 5.57. The Hall–Kier alpha value is -0.130. The third-order valence-corrected chi connectivity index (χ3v) is 2.87. The van der Waals surface area contributed by atoms with Crippen LogP contribution in [0.3, 0.4) is 0 Å². The number of ether oxygens (including phenoxy) is 2. The fraction of sp³-hybridized carbons (Fsp3) is 1.00. The molecule has 27 heavy (non-hydrogen) atoms. The van der Waals surface area contributed by atoms with E-state index in [4.69, 9.17) is 38.9 Å². The smallest absolute Gasteiger partial charge is 0.394 e. The zero-order valence-corrected chi connectivity index (χ0v) is 17.3. The maximum absolute atomic E-state index is 9.20. The molecule has 0 radical (unpaired) electrons. The Labute approximate surface area is 162 Å². The molecule has 0 aromatic carbocycles. The van der Waals surface area contributed by atoms with Gasteiger partial charge in [0.1, 0.15) is 0 Å². The van der Waals surface area contributed by atoms with Crippen molar-refractivity contribution in [3.05, 3.63) is 0 Å². The van der Waals surface area contributed by atoms with Gasteiger partial charge in [-0.15, -0.1) is 0 Å². The predicted octanol–water partition coefficient (Wildman–Crippen LogP) is 0.164. The number of hydrogen-bond acceptors (Lipinski definition) is 7.